The molecule has 0 saturated carbocycles. The second-order valence-electron chi connectivity index (χ2n) is 5.09. The first-order valence-corrected chi connectivity index (χ1v) is 8.75. The van der Waals surface area contributed by atoms with Gasteiger partial charge in [-0.2, -0.15) is 9.57 Å². The van der Waals surface area contributed by atoms with Crippen molar-refractivity contribution in [1.29, 1.82) is 5.26 Å². The Morgan fingerprint density at radius 2 is 2.00 bits per heavy atom. The number of nitrogens with zero attached hydrogens (tertiary/aromatic N) is 3. The highest BCUT2D eigenvalue weighted by Crippen LogP contribution is 2.22. The number of benzene rings is 1. The molecular formula is C16H15N3O4S. The Labute approximate surface area is 140 Å². The molecule has 0 bridgehead atoms. The monoisotopic (exact) mass is 345 g/mol. The molecule has 1 aromatic carbocycles. The Bertz CT molecular complexity index is 854. The molecule has 1 fully saturated rings. The first-order valence-electron chi connectivity index (χ1n) is 7.31. The van der Waals surface area contributed by atoms with Crippen LogP contribution in [-0.2, 0) is 14.8 Å². The number of sulfonamides is 1. The molecule has 0 unspecified atom stereocenters. The maximum absolute atomic E-state index is 12.5. The molecule has 0 N–H and O–H groups in total. The first kappa shape index (κ1) is 16.4. The molecule has 2 aromatic rings. The van der Waals surface area contributed by atoms with Gasteiger partial charge in [0, 0.05) is 19.2 Å². The van der Waals surface area contributed by atoms with E-state index in [2.05, 4.69) is 4.98 Å². The molecule has 0 spiro atoms. The van der Waals surface area contributed by atoms with Gasteiger partial charge in [0.25, 0.3) is 0 Å². The summed E-state index contributed by atoms with van der Waals surface area (Å²) in [4.78, 5) is 4.16. The van der Waals surface area contributed by atoms with Gasteiger partial charge in [0.15, 0.2) is 0 Å². The maximum atomic E-state index is 12.5. The molecule has 1 aromatic heterocycles. The number of pyridine rings is 1. The van der Waals surface area contributed by atoms with Crippen LogP contribution in [0.5, 0.6) is 11.6 Å². The van der Waals surface area contributed by atoms with Gasteiger partial charge in [0.1, 0.15) is 10.6 Å². The minimum atomic E-state index is -3.57. The second-order valence-corrected chi connectivity index (χ2v) is 7.03. The van der Waals surface area contributed by atoms with Crippen LogP contribution >= 0.6 is 0 Å². The molecule has 24 heavy (non-hydrogen) atoms. The minimum Gasteiger partial charge on any atom is -0.439 e. The van der Waals surface area contributed by atoms with Gasteiger partial charge in [-0.05, 0) is 24.3 Å². The van der Waals surface area contributed by atoms with E-state index in [0.29, 0.717) is 37.6 Å². The van der Waals surface area contributed by atoms with Crippen molar-refractivity contribution < 1.29 is 17.9 Å². The SMILES string of the molecule is N#Cc1cccc(Oc2ccc(S(=O)(=O)N3CCOCC3)cn2)c1. The van der Waals surface area contributed by atoms with Crippen molar-refractivity contribution in [2.24, 2.45) is 0 Å². The van der Waals surface area contributed by atoms with Crippen LogP contribution in [0.1, 0.15) is 5.56 Å². The summed E-state index contributed by atoms with van der Waals surface area (Å²) in [5.41, 5.74) is 0.471. The molecule has 0 atom stereocenters. The lowest BCUT2D eigenvalue weighted by Gasteiger charge is -2.25. The average Bonchev–Trinajstić information content (AvgIpc) is 2.63. The van der Waals surface area contributed by atoms with Crippen molar-refractivity contribution in [2.45, 2.75) is 4.90 Å². The summed E-state index contributed by atoms with van der Waals surface area (Å²) >= 11 is 0. The third kappa shape index (κ3) is 3.54. The smallest absolute Gasteiger partial charge is 0.244 e. The minimum absolute atomic E-state index is 0.113. The van der Waals surface area contributed by atoms with E-state index in [4.69, 9.17) is 14.7 Å². The summed E-state index contributed by atoms with van der Waals surface area (Å²) in [6.45, 7) is 1.45. The van der Waals surface area contributed by atoms with Crippen molar-refractivity contribution in [3.63, 3.8) is 0 Å². The molecular weight excluding hydrogens is 330 g/mol. The van der Waals surface area contributed by atoms with Gasteiger partial charge in [-0.15, -0.1) is 0 Å². The number of hydrogen-bond acceptors (Lipinski definition) is 6. The Hall–Kier alpha value is -2.47. The summed E-state index contributed by atoms with van der Waals surface area (Å²) in [5, 5.41) is 8.88. The Morgan fingerprint density at radius 3 is 2.67 bits per heavy atom. The van der Waals surface area contributed by atoms with Crippen molar-refractivity contribution >= 4 is 10.0 Å². The number of aromatic nitrogens is 1. The van der Waals surface area contributed by atoms with Gasteiger partial charge in [-0.1, -0.05) is 6.07 Å². The standard InChI is InChI=1S/C16H15N3O4S/c17-11-13-2-1-3-14(10-13)23-16-5-4-15(12-18-16)24(20,21)19-6-8-22-9-7-19/h1-5,10,12H,6-9H2. The van der Waals surface area contributed by atoms with E-state index in [1.54, 1.807) is 24.3 Å². The number of nitriles is 1. The van der Waals surface area contributed by atoms with Crippen LogP contribution in [0.3, 0.4) is 0 Å². The maximum Gasteiger partial charge on any atom is 0.244 e. The highest BCUT2D eigenvalue weighted by atomic mass is 32.2. The van der Waals surface area contributed by atoms with Crippen LogP contribution in [0.2, 0.25) is 0 Å². The summed E-state index contributed by atoms with van der Waals surface area (Å²) in [6.07, 6.45) is 1.27. The van der Waals surface area contributed by atoms with Crippen LogP contribution in [0.4, 0.5) is 0 Å². The number of morpholine rings is 1. The van der Waals surface area contributed by atoms with E-state index in [1.165, 1.54) is 22.6 Å². The molecule has 3 rings (SSSR count). The number of rotatable bonds is 4. The van der Waals surface area contributed by atoms with Gasteiger partial charge >= 0.3 is 0 Å². The number of hydrogen-bond donors (Lipinski definition) is 0. The average molecular weight is 345 g/mol. The van der Waals surface area contributed by atoms with Gasteiger partial charge in [0.2, 0.25) is 15.9 Å². The largest absolute Gasteiger partial charge is 0.439 e. The number of ether oxygens (including phenoxy) is 2. The summed E-state index contributed by atoms with van der Waals surface area (Å²) in [6, 6.07) is 11.6. The third-order valence-electron chi connectivity index (χ3n) is 3.50. The molecule has 7 nitrogen and oxygen atoms in total. The molecule has 8 heteroatoms. The van der Waals surface area contributed by atoms with E-state index in [1.807, 2.05) is 6.07 Å². The van der Waals surface area contributed by atoms with Crippen LogP contribution in [0, 0.1) is 11.3 Å². The third-order valence-corrected chi connectivity index (χ3v) is 5.38. The highest BCUT2D eigenvalue weighted by Gasteiger charge is 2.26. The molecule has 1 aliphatic rings. The fourth-order valence-corrected chi connectivity index (χ4v) is 3.62. The summed E-state index contributed by atoms with van der Waals surface area (Å²) in [7, 11) is -3.57. The zero-order chi connectivity index (χ0) is 17.0. The molecule has 1 aliphatic heterocycles. The predicted molar refractivity (Wildman–Crippen MR) is 85.0 cm³/mol. The quantitative estimate of drug-likeness (QED) is 0.838. The molecule has 1 saturated heterocycles. The highest BCUT2D eigenvalue weighted by molar-refractivity contribution is 7.89. The van der Waals surface area contributed by atoms with Crippen molar-refractivity contribution in [3.05, 3.63) is 48.2 Å². The lowest BCUT2D eigenvalue weighted by molar-refractivity contribution is 0.0730. The first-order chi connectivity index (χ1) is 11.6. The predicted octanol–water partition coefficient (Wildman–Crippen LogP) is 1.77. The zero-order valence-electron chi connectivity index (χ0n) is 12.8. The fraction of sp³-hybridized carbons (Fsp3) is 0.250. The van der Waals surface area contributed by atoms with E-state index in [0.717, 1.165) is 0 Å². The van der Waals surface area contributed by atoms with E-state index in [-0.39, 0.29) is 10.8 Å². The van der Waals surface area contributed by atoms with Gasteiger partial charge < -0.3 is 9.47 Å². The normalized spacial score (nSPS) is 15.6. The van der Waals surface area contributed by atoms with Crippen LogP contribution in [0.25, 0.3) is 0 Å². The molecule has 0 amide bonds. The van der Waals surface area contributed by atoms with E-state index in [9.17, 15) is 8.42 Å². The van der Waals surface area contributed by atoms with Gasteiger partial charge in [-0.25, -0.2) is 13.4 Å². The van der Waals surface area contributed by atoms with Gasteiger partial charge in [0.05, 0.1) is 31.0 Å². The van der Waals surface area contributed by atoms with Crippen molar-refractivity contribution in [2.75, 3.05) is 26.3 Å². The van der Waals surface area contributed by atoms with E-state index >= 15 is 0 Å². The van der Waals surface area contributed by atoms with Crippen LogP contribution < -0.4 is 4.74 Å². The lowest BCUT2D eigenvalue weighted by Crippen LogP contribution is -2.40. The summed E-state index contributed by atoms with van der Waals surface area (Å²) < 4.78 is 37.1. The summed E-state index contributed by atoms with van der Waals surface area (Å²) in [5.74, 6) is 0.719. The van der Waals surface area contributed by atoms with Crippen LogP contribution in [-0.4, -0.2) is 44.0 Å². The lowest BCUT2D eigenvalue weighted by atomic mass is 10.2. The fourth-order valence-electron chi connectivity index (χ4n) is 2.27. The second kappa shape index (κ2) is 6.97. The Kier molecular flexibility index (Phi) is 4.76. The topological polar surface area (TPSA) is 92.5 Å². The Balaban J connectivity index is 1.76. The Morgan fingerprint density at radius 1 is 1.21 bits per heavy atom. The molecule has 124 valence electrons. The van der Waals surface area contributed by atoms with Gasteiger partial charge in [-0.3, -0.25) is 0 Å². The van der Waals surface area contributed by atoms with Crippen molar-refractivity contribution in [1.82, 2.24) is 9.29 Å². The molecule has 0 aliphatic carbocycles. The van der Waals surface area contributed by atoms with Crippen molar-refractivity contribution in [3.8, 4) is 17.7 Å². The van der Waals surface area contributed by atoms with Crippen LogP contribution in [0.15, 0.2) is 47.5 Å². The molecule has 0 radical (unpaired) electrons. The van der Waals surface area contributed by atoms with E-state index < -0.39 is 10.0 Å². The molecule has 2 heterocycles. The zero-order valence-corrected chi connectivity index (χ0v) is 13.6.